The van der Waals surface area contributed by atoms with E-state index >= 15 is 0 Å². The van der Waals surface area contributed by atoms with Crippen LogP contribution in [0.25, 0.3) is 0 Å². The van der Waals surface area contributed by atoms with Gasteiger partial charge in [-0.3, -0.25) is 4.79 Å². The summed E-state index contributed by atoms with van der Waals surface area (Å²) in [6, 6.07) is 15.9. The maximum atomic E-state index is 13.5. The first-order valence-corrected chi connectivity index (χ1v) is 9.44. The number of hydrogen-bond acceptors (Lipinski definition) is 4. The lowest BCUT2D eigenvalue weighted by atomic mass is 9.80. The quantitative estimate of drug-likeness (QED) is 0.799. The van der Waals surface area contributed by atoms with Gasteiger partial charge in [-0.05, 0) is 42.5 Å². The third kappa shape index (κ3) is 2.63. The molecule has 0 saturated heterocycles. The zero-order valence-corrected chi connectivity index (χ0v) is 14.4. The third-order valence-electron chi connectivity index (χ3n) is 4.76. The first kappa shape index (κ1) is 16.7. The van der Waals surface area contributed by atoms with Crippen LogP contribution in [0.4, 0.5) is 0 Å². The van der Waals surface area contributed by atoms with E-state index in [0.29, 0.717) is 6.42 Å². The van der Waals surface area contributed by atoms with E-state index in [4.69, 9.17) is 4.74 Å². The highest BCUT2D eigenvalue weighted by atomic mass is 32.2. The van der Waals surface area contributed by atoms with Crippen LogP contribution in [-0.2, 0) is 30.5 Å². The SMILES string of the molecule is COC(=O)CC1(S(=O)(=O)c2ccccc2)CCCc2ccccc21. The van der Waals surface area contributed by atoms with E-state index in [1.54, 1.807) is 30.3 Å². The summed E-state index contributed by atoms with van der Waals surface area (Å²) in [5.74, 6) is -0.508. The Kier molecular flexibility index (Phi) is 4.45. The van der Waals surface area contributed by atoms with Crippen molar-refractivity contribution >= 4 is 15.8 Å². The number of esters is 1. The second-order valence-electron chi connectivity index (χ2n) is 6.07. The highest BCUT2D eigenvalue weighted by Gasteiger charge is 2.50. The van der Waals surface area contributed by atoms with Crippen LogP contribution in [0.3, 0.4) is 0 Å². The van der Waals surface area contributed by atoms with Crippen LogP contribution in [0.15, 0.2) is 59.5 Å². The van der Waals surface area contributed by atoms with Crippen molar-refractivity contribution in [3.63, 3.8) is 0 Å². The molecule has 0 spiro atoms. The van der Waals surface area contributed by atoms with Crippen molar-refractivity contribution in [1.29, 1.82) is 0 Å². The molecule has 1 unspecified atom stereocenters. The predicted octanol–water partition coefficient (Wildman–Crippen LogP) is 3.26. The van der Waals surface area contributed by atoms with E-state index in [0.717, 1.165) is 24.0 Å². The van der Waals surface area contributed by atoms with Gasteiger partial charge in [-0.15, -0.1) is 0 Å². The van der Waals surface area contributed by atoms with Crippen molar-refractivity contribution in [2.75, 3.05) is 7.11 Å². The fourth-order valence-electron chi connectivity index (χ4n) is 3.57. The van der Waals surface area contributed by atoms with Crippen molar-refractivity contribution in [2.24, 2.45) is 0 Å². The monoisotopic (exact) mass is 344 g/mol. The average Bonchev–Trinajstić information content (AvgIpc) is 2.62. The summed E-state index contributed by atoms with van der Waals surface area (Å²) >= 11 is 0. The van der Waals surface area contributed by atoms with Gasteiger partial charge in [0.1, 0.15) is 4.75 Å². The van der Waals surface area contributed by atoms with Crippen molar-refractivity contribution in [2.45, 2.75) is 35.3 Å². The largest absolute Gasteiger partial charge is 0.469 e. The highest BCUT2D eigenvalue weighted by Crippen LogP contribution is 2.47. The van der Waals surface area contributed by atoms with Gasteiger partial charge in [0.15, 0.2) is 9.84 Å². The lowest BCUT2D eigenvalue weighted by Crippen LogP contribution is -2.41. The van der Waals surface area contributed by atoms with Crippen LogP contribution in [0, 0.1) is 0 Å². The van der Waals surface area contributed by atoms with Gasteiger partial charge in [0, 0.05) is 0 Å². The van der Waals surface area contributed by atoms with Crippen LogP contribution < -0.4 is 0 Å². The number of rotatable bonds is 4. The molecule has 126 valence electrons. The Labute approximate surface area is 142 Å². The van der Waals surface area contributed by atoms with Gasteiger partial charge in [0.25, 0.3) is 0 Å². The molecular weight excluding hydrogens is 324 g/mol. The number of hydrogen-bond donors (Lipinski definition) is 0. The molecule has 0 fully saturated rings. The second-order valence-corrected chi connectivity index (χ2v) is 8.33. The van der Waals surface area contributed by atoms with E-state index < -0.39 is 20.6 Å². The zero-order chi connectivity index (χ0) is 17.2. The summed E-state index contributed by atoms with van der Waals surface area (Å²) in [6.45, 7) is 0. The standard InChI is InChI=1S/C19H20O4S/c1-23-18(20)14-19(24(21,22)16-10-3-2-4-11-16)13-7-9-15-8-5-6-12-17(15)19/h2-6,8,10-12H,7,9,13-14H2,1H3. The number of carbonyl (C=O) groups excluding carboxylic acids is 1. The molecule has 0 aliphatic heterocycles. The van der Waals surface area contributed by atoms with Gasteiger partial charge in [-0.25, -0.2) is 8.42 Å². The number of aryl methyl sites for hydroxylation is 1. The van der Waals surface area contributed by atoms with Crippen molar-refractivity contribution in [3.8, 4) is 0 Å². The molecule has 2 aromatic rings. The number of fused-ring (bicyclic) bond motifs is 1. The Bertz CT molecular complexity index is 843. The summed E-state index contributed by atoms with van der Waals surface area (Å²) in [5, 5.41) is 0. The van der Waals surface area contributed by atoms with E-state index in [-0.39, 0.29) is 11.3 Å². The molecule has 1 aliphatic carbocycles. The molecular formula is C19H20O4S. The first-order chi connectivity index (χ1) is 11.5. The van der Waals surface area contributed by atoms with Gasteiger partial charge in [-0.2, -0.15) is 0 Å². The Morgan fingerprint density at radius 1 is 1.08 bits per heavy atom. The van der Waals surface area contributed by atoms with Gasteiger partial charge in [-0.1, -0.05) is 42.5 Å². The molecule has 4 nitrogen and oxygen atoms in total. The van der Waals surface area contributed by atoms with Gasteiger partial charge in [0.2, 0.25) is 0 Å². The molecule has 0 aromatic heterocycles. The van der Waals surface area contributed by atoms with Crippen LogP contribution in [0.1, 0.15) is 30.4 Å². The minimum atomic E-state index is -3.74. The molecule has 0 bridgehead atoms. The first-order valence-electron chi connectivity index (χ1n) is 7.96. The maximum absolute atomic E-state index is 13.5. The summed E-state index contributed by atoms with van der Waals surface area (Å²) in [4.78, 5) is 12.3. The van der Waals surface area contributed by atoms with E-state index in [1.165, 1.54) is 7.11 Å². The van der Waals surface area contributed by atoms with Gasteiger partial charge < -0.3 is 4.74 Å². The Morgan fingerprint density at radius 3 is 2.46 bits per heavy atom. The molecule has 0 saturated carbocycles. The van der Waals surface area contributed by atoms with E-state index in [2.05, 4.69) is 0 Å². The topological polar surface area (TPSA) is 60.4 Å². The molecule has 0 amide bonds. The average molecular weight is 344 g/mol. The number of carbonyl (C=O) groups is 1. The van der Waals surface area contributed by atoms with Crippen molar-refractivity contribution in [3.05, 3.63) is 65.7 Å². The maximum Gasteiger partial charge on any atom is 0.307 e. The number of sulfone groups is 1. The van der Waals surface area contributed by atoms with E-state index in [1.807, 2.05) is 24.3 Å². The summed E-state index contributed by atoms with van der Waals surface area (Å²) < 4.78 is 30.6. The van der Waals surface area contributed by atoms with Gasteiger partial charge >= 0.3 is 5.97 Å². The summed E-state index contributed by atoms with van der Waals surface area (Å²) in [6.07, 6.45) is 1.79. The molecule has 3 rings (SSSR count). The molecule has 0 radical (unpaired) electrons. The molecule has 1 atom stereocenters. The Hall–Kier alpha value is -2.14. The summed E-state index contributed by atoms with van der Waals surface area (Å²) in [7, 11) is -2.45. The summed E-state index contributed by atoms with van der Waals surface area (Å²) in [5.41, 5.74) is 1.72. The van der Waals surface area contributed by atoms with Crippen LogP contribution >= 0.6 is 0 Å². The molecule has 2 aromatic carbocycles. The van der Waals surface area contributed by atoms with Crippen LogP contribution in [-0.4, -0.2) is 21.5 Å². The molecule has 24 heavy (non-hydrogen) atoms. The zero-order valence-electron chi connectivity index (χ0n) is 13.6. The Balaban J connectivity index is 2.24. The predicted molar refractivity (Wildman–Crippen MR) is 91.3 cm³/mol. The minimum absolute atomic E-state index is 0.169. The fraction of sp³-hybridized carbons (Fsp3) is 0.316. The van der Waals surface area contributed by atoms with Crippen LogP contribution in [0.2, 0.25) is 0 Å². The highest BCUT2D eigenvalue weighted by molar-refractivity contribution is 7.92. The normalized spacial score (nSPS) is 20.2. The lowest BCUT2D eigenvalue weighted by molar-refractivity contribution is -0.141. The Morgan fingerprint density at radius 2 is 1.75 bits per heavy atom. The van der Waals surface area contributed by atoms with Gasteiger partial charge in [0.05, 0.1) is 18.4 Å². The molecule has 0 N–H and O–H groups in total. The fourth-order valence-corrected chi connectivity index (χ4v) is 5.75. The second kappa shape index (κ2) is 6.40. The van der Waals surface area contributed by atoms with Crippen molar-refractivity contribution < 1.29 is 17.9 Å². The molecule has 1 aliphatic rings. The smallest absolute Gasteiger partial charge is 0.307 e. The molecule has 0 heterocycles. The number of benzene rings is 2. The number of ether oxygens (including phenoxy) is 1. The third-order valence-corrected chi connectivity index (χ3v) is 7.25. The van der Waals surface area contributed by atoms with Crippen LogP contribution in [0.5, 0.6) is 0 Å². The number of methoxy groups -OCH3 is 1. The lowest BCUT2D eigenvalue weighted by Gasteiger charge is -2.37. The minimum Gasteiger partial charge on any atom is -0.469 e. The van der Waals surface area contributed by atoms with Crippen molar-refractivity contribution in [1.82, 2.24) is 0 Å². The molecule has 5 heteroatoms. The van der Waals surface area contributed by atoms with E-state index in [9.17, 15) is 13.2 Å².